The van der Waals surface area contributed by atoms with Crippen molar-refractivity contribution in [2.24, 2.45) is 5.73 Å². The summed E-state index contributed by atoms with van der Waals surface area (Å²) in [5.74, 6) is 0. The van der Waals surface area contributed by atoms with Gasteiger partial charge in [-0.15, -0.1) is 0 Å². The molecule has 0 aliphatic rings. The lowest BCUT2D eigenvalue weighted by molar-refractivity contribution is -0.0152. The normalized spacial score (nSPS) is 16.4. The number of rotatable bonds is 6. The Kier molecular flexibility index (Phi) is 6.51. The lowest BCUT2D eigenvalue weighted by Gasteiger charge is -2.18. The molecule has 0 spiro atoms. The fourth-order valence-corrected chi connectivity index (χ4v) is 1.05. The molecule has 0 bridgehead atoms. The van der Waals surface area contributed by atoms with Crippen LogP contribution >= 0.6 is 0 Å². The van der Waals surface area contributed by atoms with Gasteiger partial charge in [-0.2, -0.15) is 0 Å². The third kappa shape index (κ3) is 6.28. The predicted octanol–water partition coefficient (Wildman–Crippen LogP) is 0.859. The van der Waals surface area contributed by atoms with Gasteiger partial charge in [0.05, 0.1) is 6.10 Å². The van der Waals surface area contributed by atoms with Gasteiger partial charge in [0.15, 0.2) is 0 Å². The van der Waals surface area contributed by atoms with Crippen LogP contribution in [0.5, 0.6) is 0 Å². The van der Waals surface area contributed by atoms with E-state index in [0.29, 0.717) is 6.42 Å². The Bertz CT molecular complexity index is 80.2. The topological polar surface area (TPSA) is 55.5 Å². The van der Waals surface area contributed by atoms with E-state index < -0.39 is 0 Å². The highest BCUT2D eigenvalue weighted by atomic mass is 16.5. The maximum Gasteiger partial charge on any atom is 0.103 e. The minimum atomic E-state index is -0.224. The van der Waals surface area contributed by atoms with Crippen LogP contribution in [0.15, 0.2) is 0 Å². The molecule has 11 heavy (non-hydrogen) atoms. The zero-order valence-corrected chi connectivity index (χ0v) is 7.42. The Labute approximate surface area is 68.5 Å². The monoisotopic (exact) mass is 161 g/mol. The molecular weight excluding hydrogens is 142 g/mol. The molecule has 0 rings (SSSR count). The maximum atomic E-state index is 8.66. The number of aliphatic hydroxyl groups excluding tert-OH is 1. The number of nitrogens with two attached hydrogens (primary N) is 1. The Morgan fingerprint density at radius 2 is 2.09 bits per heavy atom. The number of hydrogen-bond acceptors (Lipinski definition) is 3. The minimum Gasteiger partial charge on any atom is -0.396 e. The molecule has 3 heteroatoms. The van der Waals surface area contributed by atoms with Gasteiger partial charge in [-0.05, 0) is 19.8 Å². The smallest absolute Gasteiger partial charge is 0.103 e. The first-order chi connectivity index (χ1) is 5.20. The first kappa shape index (κ1) is 10.9. The summed E-state index contributed by atoms with van der Waals surface area (Å²) in [7, 11) is 0. The van der Waals surface area contributed by atoms with Crippen LogP contribution in [0, 0.1) is 0 Å². The van der Waals surface area contributed by atoms with E-state index in [2.05, 4.69) is 6.92 Å². The van der Waals surface area contributed by atoms with Gasteiger partial charge in [0, 0.05) is 6.61 Å². The average Bonchev–Trinajstić information content (AvgIpc) is 1.87. The predicted molar refractivity (Wildman–Crippen MR) is 45.1 cm³/mol. The van der Waals surface area contributed by atoms with E-state index in [0.717, 1.165) is 12.8 Å². The Balaban J connectivity index is 3.50. The summed E-state index contributed by atoms with van der Waals surface area (Å²) in [5.41, 5.74) is 5.45. The molecule has 0 heterocycles. The van der Waals surface area contributed by atoms with Crippen LogP contribution in [0.2, 0.25) is 0 Å². The van der Waals surface area contributed by atoms with Gasteiger partial charge in [-0.25, -0.2) is 0 Å². The van der Waals surface area contributed by atoms with Gasteiger partial charge in [-0.3, -0.25) is 0 Å². The van der Waals surface area contributed by atoms with Crippen LogP contribution < -0.4 is 5.73 Å². The van der Waals surface area contributed by atoms with Crippen molar-refractivity contribution in [2.45, 2.75) is 45.4 Å². The lowest BCUT2D eigenvalue weighted by Crippen LogP contribution is -2.27. The molecule has 2 unspecified atom stereocenters. The molecule has 0 amide bonds. The standard InChI is InChI=1S/C8H19NO2/c1-3-4-8(5-6-10)11-7(2)9/h7-8,10H,3-6,9H2,1-2H3. The van der Waals surface area contributed by atoms with E-state index in [1.54, 1.807) is 6.92 Å². The highest BCUT2D eigenvalue weighted by Gasteiger charge is 2.08. The van der Waals surface area contributed by atoms with Gasteiger partial charge in [0.25, 0.3) is 0 Å². The van der Waals surface area contributed by atoms with E-state index >= 15 is 0 Å². The van der Waals surface area contributed by atoms with Crippen LogP contribution in [0.1, 0.15) is 33.1 Å². The van der Waals surface area contributed by atoms with Crippen molar-refractivity contribution in [2.75, 3.05) is 6.61 Å². The molecule has 0 aromatic heterocycles. The summed E-state index contributed by atoms with van der Waals surface area (Å²) < 4.78 is 5.35. The first-order valence-corrected chi connectivity index (χ1v) is 4.22. The zero-order chi connectivity index (χ0) is 8.69. The minimum absolute atomic E-state index is 0.130. The number of hydrogen-bond donors (Lipinski definition) is 2. The van der Waals surface area contributed by atoms with Crippen LogP contribution in [0.4, 0.5) is 0 Å². The summed E-state index contributed by atoms with van der Waals surface area (Å²) in [5, 5.41) is 8.66. The second-order valence-electron chi connectivity index (χ2n) is 2.76. The van der Waals surface area contributed by atoms with Crippen molar-refractivity contribution < 1.29 is 9.84 Å². The molecular formula is C8H19NO2. The lowest BCUT2D eigenvalue weighted by atomic mass is 10.1. The number of ether oxygens (including phenoxy) is 1. The molecule has 2 atom stereocenters. The number of aliphatic hydroxyl groups is 1. The molecule has 0 aromatic rings. The Morgan fingerprint density at radius 1 is 1.45 bits per heavy atom. The summed E-state index contributed by atoms with van der Waals surface area (Å²) in [6, 6.07) is 0. The third-order valence-corrected chi connectivity index (χ3v) is 1.47. The van der Waals surface area contributed by atoms with E-state index in [9.17, 15) is 0 Å². The zero-order valence-electron chi connectivity index (χ0n) is 7.42. The quantitative estimate of drug-likeness (QED) is 0.568. The summed E-state index contributed by atoms with van der Waals surface area (Å²) in [6.45, 7) is 4.08. The van der Waals surface area contributed by atoms with Gasteiger partial charge in [0.1, 0.15) is 6.23 Å². The Morgan fingerprint density at radius 3 is 2.45 bits per heavy atom. The molecule has 0 aromatic carbocycles. The molecule has 0 saturated heterocycles. The van der Waals surface area contributed by atoms with Crippen LogP contribution in [-0.4, -0.2) is 24.0 Å². The van der Waals surface area contributed by atoms with Gasteiger partial charge in [0.2, 0.25) is 0 Å². The van der Waals surface area contributed by atoms with Crippen LogP contribution in [0.25, 0.3) is 0 Å². The Hall–Kier alpha value is -0.120. The van der Waals surface area contributed by atoms with Gasteiger partial charge >= 0.3 is 0 Å². The van der Waals surface area contributed by atoms with Crippen molar-refractivity contribution in [3.63, 3.8) is 0 Å². The average molecular weight is 161 g/mol. The molecule has 3 N–H and O–H groups in total. The highest BCUT2D eigenvalue weighted by molar-refractivity contribution is 4.57. The highest BCUT2D eigenvalue weighted by Crippen LogP contribution is 2.07. The molecule has 3 nitrogen and oxygen atoms in total. The van der Waals surface area contributed by atoms with Crippen molar-refractivity contribution in [1.82, 2.24) is 0 Å². The second kappa shape index (κ2) is 6.58. The summed E-state index contributed by atoms with van der Waals surface area (Å²) in [6.07, 6.45) is 2.64. The van der Waals surface area contributed by atoms with Crippen molar-refractivity contribution in [1.29, 1.82) is 0 Å². The molecule has 0 radical (unpaired) electrons. The molecule has 0 aliphatic heterocycles. The van der Waals surface area contributed by atoms with Gasteiger partial charge in [-0.1, -0.05) is 13.3 Å². The van der Waals surface area contributed by atoms with Crippen molar-refractivity contribution >= 4 is 0 Å². The van der Waals surface area contributed by atoms with E-state index in [1.807, 2.05) is 0 Å². The molecule has 68 valence electrons. The third-order valence-electron chi connectivity index (χ3n) is 1.47. The largest absolute Gasteiger partial charge is 0.396 e. The first-order valence-electron chi connectivity index (χ1n) is 4.22. The van der Waals surface area contributed by atoms with E-state index in [4.69, 9.17) is 15.6 Å². The fourth-order valence-electron chi connectivity index (χ4n) is 1.05. The summed E-state index contributed by atoms with van der Waals surface area (Å²) >= 11 is 0. The van der Waals surface area contributed by atoms with Crippen molar-refractivity contribution in [3.05, 3.63) is 0 Å². The second-order valence-corrected chi connectivity index (χ2v) is 2.76. The van der Waals surface area contributed by atoms with E-state index in [-0.39, 0.29) is 18.9 Å². The molecule has 0 fully saturated rings. The van der Waals surface area contributed by atoms with Crippen LogP contribution in [-0.2, 0) is 4.74 Å². The van der Waals surface area contributed by atoms with Crippen LogP contribution in [0.3, 0.4) is 0 Å². The van der Waals surface area contributed by atoms with Crippen molar-refractivity contribution in [3.8, 4) is 0 Å². The SMILES string of the molecule is CCCC(CCO)OC(C)N. The van der Waals surface area contributed by atoms with Gasteiger partial charge < -0.3 is 15.6 Å². The van der Waals surface area contributed by atoms with E-state index in [1.165, 1.54) is 0 Å². The molecule has 0 aliphatic carbocycles. The maximum absolute atomic E-state index is 8.66. The fraction of sp³-hybridized carbons (Fsp3) is 1.00. The summed E-state index contributed by atoms with van der Waals surface area (Å²) in [4.78, 5) is 0. The molecule has 0 saturated carbocycles.